The minimum Gasteiger partial charge on any atom is -0.245 e. The highest BCUT2D eigenvalue weighted by molar-refractivity contribution is 6.32. The van der Waals surface area contributed by atoms with Crippen molar-refractivity contribution < 1.29 is 0 Å². The fourth-order valence-electron chi connectivity index (χ4n) is 3.51. The summed E-state index contributed by atoms with van der Waals surface area (Å²) in [5.41, 5.74) is 8.13. The van der Waals surface area contributed by atoms with Gasteiger partial charge in [-0.2, -0.15) is 5.10 Å². The van der Waals surface area contributed by atoms with Crippen LogP contribution in [-0.4, -0.2) is 21.2 Å². The first-order valence-electron chi connectivity index (χ1n) is 9.95. The molecule has 2 heterocycles. The maximum Gasteiger partial charge on any atom is 0.244 e. The number of nitrogens with zero attached hydrogens (tertiary/aromatic N) is 4. The summed E-state index contributed by atoms with van der Waals surface area (Å²) in [6.07, 6.45) is 1.62. The van der Waals surface area contributed by atoms with Gasteiger partial charge in [-0.05, 0) is 43.3 Å². The Bertz CT molecular complexity index is 1480. The molecule has 0 atom stereocenters. The molecule has 5 aromatic rings. The number of nitrogens with one attached hydrogen (secondary N) is 1. The van der Waals surface area contributed by atoms with E-state index < -0.39 is 0 Å². The lowest BCUT2D eigenvalue weighted by Crippen LogP contribution is -2.00. The molecule has 2 aromatic heterocycles. The van der Waals surface area contributed by atoms with Crippen molar-refractivity contribution in [1.82, 2.24) is 15.0 Å². The van der Waals surface area contributed by atoms with Crippen molar-refractivity contribution in [3.8, 4) is 11.3 Å². The van der Waals surface area contributed by atoms with E-state index in [-0.39, 0.29) is 0 Å². The van der Waals surface area contributed by atoms with E-state index in [4.69, 9.17) is 23.2 Å². The minimum absolute atomic E-state index is 0.371. The zero-order valence-electron chi connectivity index (χ0n) is 17.1. The van der Waals surface area contributed by atoms with E-state index in [2.05, 4.69) is 31.5 Å². The monoisotopic (exact) mass is 457 g/mol. The molecule has 0 radical (unpaired) electrons. The van der Waals surface area contributed by atoms with Crippen LogP contribution in [0.3, 0.4) is 0 Å². The van der Waals surface area contributed by atoms with Crippen molar-refractivity contribution in [3.05, 3.63) is 94.1 Å². The summed E-state index contributed by atoms with van der Waals surface area (Å²) in [5, 5.41) is 7.19. The van der Waals surface area contributed by atoms with Crippen molar-refractivity contribution in [3.63, 3.8) is 0 Å². The first-order chi connectivity index (χ1) is 15.6. The van der Waals surface area contributed by atoms with Crippen molar-refractivity contribution in [2.75, 3.05) is 5.43 Å². The molecule has 0 fully saturated rings. The van der Waals surface area contributed by atoms with Gasteiger partial charge in [0.15, 0.2) is 0 Å². The van der Waals surface area contributed by atoms with E-state index >= 15 is 0 Å². The number of benzene rings is 3. The smallest absolute Gasteiger partial charge is 0.244 e. The Kier molecular flexibility index (Phi) is 5.43. The van der Waals surface area contributed by atoms with E-state index in [1.165, 1.54) is 0 Å². The van der Waals surface area contributed by atoms with Gasteiger partial charge in [0.25, 0.3) is 0 Å². The molecule has 5 nitrogen and oxygen atoms in total. The summed E-state index contributed by atoms with van der Waals surface area (Å²) < 4.78 is 0. The van der Waals surface area contributed by atoms with Crippen LogP contribution in [0.5, 0.6) is 0 Å². The van der Waals surface area contributed by atoms with Crippen LogP contribution in [0.15, 0.2) is 77.9 Å². The Morgan fingerprint density at radius 2 is 1.66 bits per heavy atom. The predicted molar refractivity (Wildman–Crippen MR) is 133 cm³/mol. The molecule has 1 N–H and O–H groups in total. The molecular formula is C25H17Cl2N5. The summed E-state index contributed by atoms with van der Waals surface area (Å²) in [7, 11) is 0. The van der Waals surface area contributed by atoms with Gasteiger partial charge < -0.3 is 0 Å². The number of aromatic nitrogens is 3. The summed E-state index contributed by atoms with van der Waals surface area (Å²) >= 11 is 12.6. The van der Waals surface area contributed by atoms with Crippen molar-refractivity contribution >= 4 is 57.2 Å². The molecule has 0 aliphatic heterocycles. The molecule has 0 aliphatic rings. The normalized spacial score (nSPS) is 11.5. The zero-order chi connectivity index (χ0) is 22.1. The Morgan fingerprint density at radius 1 is 0.844 bits per heavy atom. The van der Waals surface area contributed by atoms with Gasteiger partial charge in [-0.25, -0.2) is 20.4 Å². The molecule has 7 heteroatoms. The van der Waals surface area contributed by atoms with Crippen LogP contribution < -0.4 is 5.43 Å². The SMILES string of the molecule is Cc1ccc2nc(Cl)c(/C=N\Nc3nc(-c4ccccc4)c4cc(Cl)ccc4n3)cc2c1. The summed E-state index contributed by atoms with van der Waals surface area (Å²) in [4.78, 5) is 13.7. The van der Waals surface area contributed by atoms with Gasteiger partial charge in [0.2, 0.25) is 5.95 Å². The van der Waals surface area contributed by atoms with Gasteiger partial charge in [-0.3, -0.25) is 0 Å². The largest absolute Gasteiger partial charge is 0.245 e. The van der Waals surface area contributed by atoms with Crippen LogP contribution in [0.1, 0.15) is 11.1 Å². The van der Waals surface area contributed by atoms with Gasteiger partial charge in [0.1, 0.15) is 5.15 Å². The number of rotatable bonds is 4. The maximum absolute atomic E-state index is 6.35. The van der Waals surface area contributed by atoms with Gasteiger partial charge >= 0.3 is 0 Å². The van der Waals surface area contributed by atoms with Crippen LogP contribution in [0.2, 0.25) is 10.2 Å². The average Bonchev–Trinajstić information content (AvgIpc) is 2.80. The topological polar surface area (TPSA) is 63.1 Å². The second-order valence-corrected chi connectivity index (χ2v) is 8.15. The van der Waals surface area contributed by atoms with Gasteiger partial charge in [-0.1, -0.05) is 65.2 Å². The number of anilines is 1. The van der Waals surface area contributed by atoms with Crippen LogP contribution in [-0.2, 0) is 0 Å². The van der Waals surface area contributed by atoms with E-state index in [9.17, 15) is 0 Å². The lowest BCUT2D eigenvalue weighted by atomic mass is 10.1. The number of hydrazone groups is 1. The van der Waals surface area contributed by atoms with Crippen molar-refractivity contribution in [1.29, 1.82) is 0 Å². The molecular weight excluding hydrogens is 441 g/mol. The van der Waals surface area contributed by atoms with E-state index in [0.717, 1.165) is 38.6 Å². The summed E-state index contributed by atoms with van der Waals surface area (Å²) in [5.74, 6) is 0.371. The Hall–Kier alpha value is -3.54. The molecule has 5 rings (SSSR count). The van der Waals surface area contributed by atoms with Gasteiger partial charge in [0, 0.05) is 26.9 Å². The molecule has 32 heavy (non-hydrogen) atoms. The molecule has 0 bridgehead atoms. The number of aryl methyl sites for hydroxylation is 1. The third-order valence-electron chi connectivity index (χ3n) is 5.02. The molecule has 0 spiro atoms. The molecule has 0 saturated carbocycles. The van der Waals surface area contributed by atoms with Gasteiger partial charge in [-0.15, -0.1) is 0 Å². The summed E-state index contributed by atoms with van der Waals surface area (Å²) in [6.45, 7) is 2.04. The molecule has 0 aliphatic carbocycles. The number of halogens is 2. The fraction of sp³-hybridized carbons (Fsp3) is 0.0400. The Labute approximate surface area is 194 Å². The third-order valence-corrected chi connectivity index (χ3v) is 5.56. The first-order valence-corrected chi connectivity index (χ1v) is 10.7. The van der Waals surface area contributed by atoms with Crippen LogP contribution in [0.4, 0.5) is 5.95 Å². The molecule has 3 aromatic carbocycles. The maximum atomic E-state index is 6.35. The van der Waals surface area contributed by atoms with E-state index in [1.54, 1.807) is 12.3 Å². The number of hydrogen-bond donors (Lipinski definition) is 1. The number of fused-ring (bicyclic) bond motifs is 2. The van der Waals surface area contributed by atoms with E-state index in [0.29, 0.717) is 21.7 Å². The highest BCUT2D eigenvalue weighted by Crippen LogP contribution is 2.29. The Morgan fingerprint density at radius 3 is 2.50 bits per heavy atom. The molecule has 0 unspecified atom stereocenters. The van der Waals surface area contributed by atoms with Gasteiger partial charge in [0.05, 0.1) is 22.9 Å². The van der Waals surface area contributed by atoms with Crippen LogP contribution in [0.25, 0.3) is 33.1 Å². The van der Waals surface area contributed by atoms with Crippen molar-refractivity contribution in [2.45, 2.75) is 6.92 Å². The average molecular weight is 458 g/mol. The second kappa shape index (κ2) is 8.54. The summed E-state index contributed by atoms with van der Waals surface area (Å²) in [6, 6.07) is 23.4. The third kappa shape index (κ3) is 4.13. The lowest BCUT2D eigenvalue weighted by Gasteiger charge is -2.09. The molecule has 0 saturated heterocycles. The standard InChI is InChI=1S/C25H17Cl2N5/c1-15-7-9-21-17(11-15)12-18(24(27)29-21)14-28-32-25-30-22-10-8-19(26)13-20(22)23(31-25)16-5-3-2-4-6-16/h2-14H,1H3,(H,30,31,32)/b28-14-. The first kappa shape index (κ1) is 20.4. The Balaban J connectivity index is 1.51. The highest BCUT2D eigenvalue weighted by Gasteiger charge is 2.10. The predicted octanol–water partition coefficient (Wildman–Crippen LogP) is 6.91. The number of pyridine rings is 1. The molecule has 0 amide bonds. The second-order valence-electron chi connectivity index (χ2n) is 7.36. The quantitative estimate of drug-likeness (QED) is 0.181. The van der Waals surface area contributed by atoms with Crippen LogP contribution >= 0.6 is 23.2 Å². The van der Waals surface area contributed by atoms with Crippen LogP contribution in [0, 0.1) is 6.92 Å². The molecule has 156 valence electrons. The lowest BCUT2D eigenvalue weighted by molar-refractivity contribution is 1.16. The van der Waals surface area contributed by atoms with Crippen molar-refractivity contribution in [2.24, 2.45) is 5.10 Å². The number of hydrogen-bond acceptors (Lipinski definition) is 5. The van der Waals surface area contributed by atoms with E-state index in [1.807, 2.05) is 67.6 Å². The zero-order valence-corrected chi connectivity index (χ0v) is 18.6. The highest BCUT2D eigenvalue weighted by atomic mass is 35.5. The fourth-order valence-corrected chi connectivity index (χ4v) is 3.87. The minimum atomic E-state index is 0.371.